The highest BCUT2D eigenvalue weighted by atomic mass is 32.2. The van der Waals surface area contributed by atoms with Crippen LogP contribution in [0.15, 0.2) is 94.5 Å². The van der Waals surface area contributed by atoms with Gasteiger partial charge in [0.2, 0.25) is 5.76 Å². The number of carbonyl (C=O) groups is 2. The number of carbonyl (C=O) groups excluding carboxylic acids is 1. The van der Waals surface area contributed by atoms with Gasteiger partial charge < -0.3 is 14.4 Å². The van der Waals surface area contributed by atoms with Crippen LogP contribution in [0.3, 0.4) is 0 Å². The van der Waals surface area contributed by atoms with Crippen LogP contribution in [0.2, 0.25) is 0 Å². The van der Waals surface area contributed by atoms with E-state index in [0.29, 0.717) is 22.4 Å². The van der Waals surface area contributed by atoms with E-state index in [2.05, 4.69) is 4.98 Å². The summed E-state index contributed by atoms with van der Waals surface area (Å²) < 4.78 is 113. The zero-order chi connectivity index (χ0) is 35.0. The molecule has 0 saturated heterocycles. The minimum atomic E-state index is -5.00. The lowest BCUT2D eigenvalue weighted by Gasteiger charge is -2.26. The molecular weight excluding hydrogens is 666 g/mol. The van der Waals surface area contributed by atoms with Crippen molar-refractivity contribution in [3.05, 3.63) is 119 Å². The molecule has 0 aliphatic carbocycles. The highest BCUT2D eigenvalue weighted by Crippen LogP contribution is 2.37. The van der Waals surface area contributed by atoms with Crippen LogP contribution < -0.4 is 0 Å². The summed E-state index contributed by atoms with van der Waals surface area (Å²) in [6, 6.07) is 15.9. The number of carboxylic acid groups (broad SMARTS) is 1. The van der Waals surface area contributed by atoms with Crippen LogP contribution in [0, 0.1) is 6.92 Å². The van der Waals surface area contributed by atoms with Gasteiger partial charge in [0.1, 0.15) is 5.76 Å². The highest BCUT2D eigenvalue weighted by Gasteiger charge is 2.37. The summed E-state index contributed by atoms with van der Waals surface area (Å²) in [6.45, 7) is 0.315. The van der Waals surface area contributed by atoms with Crippen molar-refractivity contribution < 1.29 is 53.9 Å². The van der Waals surface area contributed by atoms with E-state index in [9.17, 15) is 44.3 Å². The molecular formula is C33H24F6N2O6S. The molecule has 0 bridgehead atoms. The first-order chi connectivity index (χ1) is 22.4. The molecule has 15 heteroatoms. The summed E-state index contributed by atoms with van der Waals surface area (Å²) in [5.74, 6) is -5.31. The molecule has 0 unspecified atom stereocenters. The van der Waals surface area contributed by atoms with E-state index < -0.39 is 74.7 Å². The van der Waals surface area contributed by atoms with Crippen molar-refractivity contribution in [1.29, 1.82) is 0 Å². The maximum Gasteiger partial charge on any atom is 0.449 e. The number of alkyl halides is 6. The van der Waals surface area contributed by atoms with Crippen molar-refractivity contribution in [3.8, 4) is 11.1 Å². The van der Waals surface area contributed by atoms with Crippen LogP contribution in [-0.4, -0.2) is 41.0 Å². The second-order valence-corrected chi connectivity index (χ2v) is 12.8. The monoisotopic (exact) mass is 690 g/mol. The Balaban J connectivity index is 1.59. The van der Waals surface area contributed by atoms with Crippen LogP contribution in [0.4, 0.5) is 26.3 Å². The molecule has 5 aromatic rings. The first-order valence-electron chi connectivity index (χ1n) is 14.0. The number of sulfone groups is 1. The Kier molecular flexibility index (Phi) is 9.10. The predicted molar refractivity (Wildman–Crippen MR) is 160 cm³/mol. The lowest BCUT2D eigenvalue weighted by Crippen LogP contribution is -2.31. The smallest absolute Gasteiger partial charge is 0.449 e. The van der Waals surface area contributed by atoms with Crippen LogP contribution in [0.1, 0.15) is 38.6 Å². The summed E-state index contributed by atoms with van der Waals surface area (Å²) in [5, 5.41) is 10.1. The van der Waals surface area contributed by atoms with Crippen molar-refractivity contribution >= 4 is 32.5 Å². The van der Waals surface area contributed by atoms with Gasteiger partial charge in [-0.3, -0.25) is 14.6 Å². The van der Waals surface area contributed by atoms with Crippen LogP contribution in [-0.2, 0) is 40.1 Å². The SMILES string of the molecule is Cc1ccc2ccccc2c1C(=O)N(Cc1ccc(C(F)(F)F)o1)Cc1ccc(-c2cncc(S(=O)(=O)CC(=O)O)c2)cc1C(F)(F)F. The van der Waals surface area contributed by atoms with Crippen LogP contribution in [0.25, 0.3) is 21.9 Å². The van der Waals surface area contributed by atoms with Gasteiger partial charge in [-0.2, -0.15) is 26.3 Å². The maximum atomic E-state index is 14.5. The van der Waals surface area contributed by atoms with Gasteiger partial charge in [0.05, 0.1) is 22.6 Å². The topological polar surface area (TPSA) is 118 Å². The molecule has 0 radical (unpaired) electrons. The molecule has 0 aliphatic rings. The summed E-state index contributed by atoms with van der Waals surface area (Å²) in [7, 11) is -4.35. The second kappa shape index (κ2) is 12.8. The molecule has 0 aliphatic heterocycles. The van der Waals surface area contributed by atoms with Gasteiger partial charge in [0, 0.05) is 24.5 Å². The molecule has 2 aromatic heterocycles. The number of hydrogen-bond donors (Lipinski definition) is 1. The first-order valence-corrected chi connectivity index (χ1v) is 15.6. The lowest BCUT2D eigenvalue weighted by molar-refractivity contribution is -0.153. The molecule has 48 heavy (non-hydrogen) atoms. The number of amides is 1. The summed E-state index contributed by atoms with van der Waals surface area (Å²) in [6.07, 6.45) is -7.86. The largest absolute Gasteiger partial charge is 0.480 e. The molecule has 1 N–H and O–H groups in total. The number of nitrogens with zero attached hydrogens (tertiary/aromatic N) is 2. The van der Waals surface area contributed by atoms with E-state index in [1.807, 2.05) is 0 Å². The maximum absolute atomic E-state index is 14.5. The molecule has 2 heterocycles. The third-order valence-electron chi connectivity index (χ3n) is 7.42. The molecule has 0 spiro atoms. The summed E-state index contributed by atoms with van der Waals surface area (Å²) in [5.41, 5.74) is -1.17. The predicted octanol–water partition coefficient (Wildman–Crippen LogP) is 7.54. The van der Waals surface area contributed by atoms with Gasteiger partial charge in [-0.15, -0.1) is 0 Å². The van der Waals surface area contributed by atoms with Gasteiger partial charge in [-0.05, 0) is 58.7 Å². The normalized spacial score (nSPS) is 12.3. The number of aliphatic carboxylic acids is 1. The third kappa shape index (κ3) is 7.35. The first kappa shape index (κ1) is 34.2. The number of fused-ring (bicyclic) bond motifs is 1. The molecule has 1 amide bonds. The number of pyridine rings is 1. The van der Waals surface area contributed by atoms with E-state index in [-0.39, 0.29) is 22.5 Å². The fourth-order valence-corrected chi connectivity index (χ4v) is 6.20. The minimum absolute atomic E-state index is 0.0620. The van der Waals surface area contributed by atoms with Crippen molar-refractivity contribution in [2.45, 2.75) is 37.3 Å². The van der Waals surface area contributed by atoms with Crippen LogP contribution >= 0.6 is 0 Å². The number of aromatic nitrogens is 1. The Hall–Kier alpha value is -5.18. The summed E-state index contributed by atoms with van der Waals surface area (Å²) in [4.78, 5) is 29.3. The Bertz CT molecular complexity index is 2140. The van der Waals surface area contributed by atoms with E-state index in [1.165, 1.54) is 6.07 Å². The standard InChI is InChI=1S/C33H24F6N2O6S/c1-19-6-7-20-4-2-3-5-26(20)30(19)31(44)41(17-24-10-11-28(47-24)33(37,38)39)16-22-9-8-21(13-27(22)32(34,35)36)23-12-25(15-40-14-23)48(45,46)18-29(42)43/h2-15H,16-18H2,1H3,(H,42,43). The van der Waals surface area contributed by atoms with Gasteiger partial charge in [0.25, 0.3) is 5.91 Å². The van der Waals surface area contributed by atoms with Crippen molar-refractivity contribution in [2.24, 2.45) is 0 Å². The summed E-state index contributed by atoms with van der Waals surface area (Å²) >= 11 is 0. The number of hydrogen-bond acceptors (Lipinski definition) is 6. The highest BCUT2D eigenvalue weighted by molar-refractivity contribution is 7.92. The zero-order valence-corrected chi connectivity index (χ0v) is 25.6. The minimum Gasteiger partial charge on any atom is -0.480 e. The number of aryl methyl sites for hydroxylation is 1. The van der Waals surface area contributed by atoms with Crippen molar-refractivity contribution in [3.63, 3.8) is 0 Å². The fourth-order valence-electron chi connectivity index (χ4n) is 5.18. The fraction of sp³-hybridized carbons (Fsp3) is 0.182. The Morgan fingerprint density at radius 2 is 1.58 bits per heavy atom. The van der Waals surface area contributed by atoms with Crippen molar-refractivity contribution in [2.75, 3.05) is 5.75 Å². The Morgan fingerprint density at radius 3 is 2.25 bits per heavy atom. The van der Waals surface area contributed by atoms with Gasteiger partial charge in [-0.1, -0.05) is 48.5 Å². The average molecular weight is 691 g/mol. The zero-order valence-electron chi connectivity index (χ0n) is 24.8. The number of halogens is 6. The van der Waals surface area contributed by atoms with E-state index >= 15 is 0 Å². The molecule has 0 atom stereocenters. The molecule has 3 aromatic carbocycles. The van der Waals surface area contributed by atoms with Crippen LogP contribution in [0.5, 0.6) is 0 Å². The van der Waals surface area contributed by atoms with Gasteiger partial charge in [-0.25, -0.2) is 8.42 Å². The average Bonchev–Trinajstić information content (AvgIpc) is 3.49. The van der Waals surface area contributed by atoms with E-state index in [4.69, 9.17) is 9.52 Å². The molecule has 250 valence electrons. The number of furan rings is 1. The van der Waals surface area contributed by atoms with Gasteiger partial charge >= 0.3 is 18.3 Å². The number of carboxylic acids is 1. The number of benzene rings is 3. The van der Waals surface area contributed by atoms with E-state index in [1.54, 1.807) is 43.3 Å². The Labute approximate surface area is 269 Å². The van der Waals surface area contributed by atoms with E-state index in [0.717, 1.165) is 41.6 Å². The second-order valence-electron chi connectivity index (χ2n) is 10.8. The Morgan fingerprint density at radius 1 is 0.854 bits per heavy atom. The quantitative estimate of drug-likeness (QED) is 0.159. The lowest BCUT2D eigenvalue weighted by atomic mass is 9.97. The molecule has 0 saturated carbocycles. The van der Waals surface area contributed by atoms with Crippen molar-refractivity contribution in [1.82, 2.24) is 9.88 Å². The van der Waals surface area contributed by atoms with Gasteiger partial charge in [0.15, 0.2) is 15.6 Å². The molecule has 0 fully saturated rings. The molecule has 5 rings (SSSR count). The third-order valence-corrected chi connectivity index (χ3v) is 8.99. The molecule has 8 nitrogen and oxygen atoms in total. The number of rotatable bonds is 9.